The Bertz CT molecular complexity index is 2100. The van der Waals surface area contributed by atoms with E-state index in [2.05, 4.69) is 60.0 Å². The highest BCUT2D eigenvalue weighted by Crippen LogP contribution is 2.33. The van der Waals surface area contributed by atoms with E-state index in [4.69, 9.17) is 21.0 Å². The second-order valence-electron chi connectivity index (χ2n) is 12.2. The third-order valence-corrected chi connectivity index (χ3v) is 9.15. The zero-order chi connectivity index (χ0) is 31.4. The number of benzene rings is 2. The smallest absolute Gasteiger partial charge is 0.292 e. The van der Waals surface area contributed by atoms with Crippen molar-refractivity contribution < 1.29 is 9.21 Å². The van der Waals surface area contributed by atoms with Crippen molar-refractivity contribution in [1.29, 1.82) is 0 Å². The fourth-order valence-electron chi connectivity index (χ4n) is 6.59. The number of nitrogen functional groups attached to an aromatic ring is 2. The average Bonchev–Trinajstić information content (AvgIpc) is 3.64. The molecule has 6 aromatic rings. The number of aryl methyl sites for hydroxylation is 1. The van der Waals surface area contributed by atoms with Gasteiger partial charge in [0, 0.05) is 50.1 Å². The van der Waals surface area contributed by atoms with Crippen molar-refractivity contribution >= 4 is 45.7 Å². The number of likely N-dealkylation sites (N-methyl/N-ethyl adjacent to an activating group) is 1. The van der Waals surface area contributed by atoms with Crippen LogP contribution >= 0.6 is 0 Å². The molecule has 1 fully saturated rings. The molecule has 5 heterocycles. The van der Waals surface area contributed by atoms with Gasteiger partial charge in [-0.15, -0.1) is 0 Å². The van der Waals surface area contributed by atoms with Crippen molar-refractivity contribution in [2.45, 2.75) is 25.8 Å². The lowest BCUT2D eigenvalue weighted by Crippen LogP contribution is -2.45. The van der Waals surface area contributed by atoms with E-state index >= 15 is 0 Å². The van der Waals surface area contributed by atoms with Crippen molar-refractivity contribution in [3.05, 3.63) is 77.4 Å². The highest BCUT2D eigenvalue weighted by atomic mass is 16.4. The Labute approximate surface area is 264 Å². The Kier molecular flexibility index (Phi) is 6.82. The van der Waals surface area contributed by atoms with Crippen LogP contribution in [0, 0.1) is 5.92 Å². The van der Waals surface area contributed by atoms with E-state index in [1.54, 1.807) is 12.4 Å². The summed E-state index contributed by atoms with van der Waals surface area (Å²) in [6.45, 7) is 4.24. The van der Waals surface area contributed by atoms with Gasteiger partial charge in [0.05, 0.1) is 17.5 Å². The first-order chi connectivity index (χ1) is 22.4. The maximum atomic E-state index is 13.4. The second kappa shape index (κ2) is 11.2. The lowest BCUT2D eigenvalue weighted by Gasteiger charge is -2.32. The molecule has 46 heavy (non-hydrogen) atoms. The molecule has 1 aliphatic carbocycles. The number of nitrogens with two attached hydrogens (primary N) is 2. The maximum Gasteiger partial charge on any atom is 0.292 e. The van der Waals surface area contributed by atoms with E-state index in [1.807, 2.05) is 22.9 Å². The first-order valence-corrected chi connectivity index (χ1v) is 15.4. The van der Waals surface area contributed by atoms with Gasteiger partial charge >= 0.3 is 0 Å². The van der Waals surface area contributed by atoms with E-state index < -0.39 is 0 Å². The Balaban J connectivity index is 1.01. The molecule has 1 saturated heterocycles. The van der Waals surface area contributed by atoms with Crippen LogP contribution in [0.15, 0.2) is 59.5 Å². The SMILES string of the molecule is CN1CCN(c2ncc(C(=O)C3CCc4cc(Cn5nc(-c6ccc7oc(N)nc7c6)c6c(N)ncnc65)ccc4C3)cn2)CC1. The van der Waals surface area contributed by atoms with Gasteiger partial charge in [0.15, 0.2) is 17.0 Å². The number of oxazole rings is 1. The fourth-order valence-corrected chi connectivity index (χ4v) is 6.59. The molecule has 2 aliphatic rings. The van der Waals surface area contributed by atoms with Crippen molar-refractivity contribution in [1.82, 2.24) is 39.6 Å². The van der Waals surface area contributed by atoms with Crippen LogP contribution in [0.4, 0.5) is 17.8 Å². The van der Waals surface area contributed by atoms with E-state index in [0.29, 0.717) is 58.1 Å². The minimum atomic E-state index is -0.0915. The van der Waals surface area contributed by atoms with Crippen LogP contribution in [0.5, 0.6) is 0 Å². The molecule has 0 bridgehead atoms. The van der Waals surface area contributed by atoms with Gasteiger partial charge in [0.25, 0.3) is 6.01 Å². The first-order valence-electron chi connectivity index (χ1n) is 15.4. The number of ketones is 1. The van der Waals surface area contributed by atoms with Crippen molar-refractivity contribution in [2.24, 2.45) is 5.92 Å². The summed E-state index contributed by atoms with van der Waals surface area (Å²) in [5.74, 6) is 1.07. The van der Waals surface area contributed by atoms with E-state index in [1.165, 1.54) is 17.5 Å². The number of piperazine rings is 1. The third kappa shape index (κ3) is 5.08. The number of hydrogen-bond donors (Lipinski definition) is 2. The van der Waals surface area contributed by atoms with Crippen LogP contribution in [0.2, 0.25) is 0 Å². The molecule has 1 aliphatic heterocycles. The van der Waals surface area contributed by atoms with Crippen LogP contribution in [0.1, 0.15) is 33.5 Å². The summed E-state index contributed by atoms with van der Waals surface area (Å²) < 4.78 is 7.29. The van der Waals surface area contributed by atoms with Gasteiger partial charge in [-0.1, -0.05) is 18.2 Å². The van der Waals surface area contributed by atoms with Gasteiger partial charge in [-0.05, 0) is 61.2 Å². The van der Waals surface area contributed by atoms with Gasteiger partial charge < -0.3 is 25.7 Å². The highest BCUT2D eigenvalue weighted by molar-refractivity contribution is 5.99. The highest BCUT2D eigenvalue weighted by Gasteiger charge is 2.27. The van der Waals surface area contributed by atoms with Gasteiger partial charge in [0.2, 0.25) is 5.95 Å². The Morgan fingerprint density at radius 1 is 0.978 bits per heavy atom. The standard InChI is InChI=1S/C33H33N11O2/c1-42-8-10-43(11-9-42)33-36-15-24(16-37-33)29(45)23-5-4-20-12-19(2-3-21(20)13-23)17-44-31-27(30(34)38-18-39-31)28(41-44)22-6-7-26-25(14-22)40-32(35)46-26/h2-3,6-7,12,14-16,18,23H,4-5,8-11,13,17H2,1H3,(H2,35,40)(H2,34,38,39). The quantitative estimate of drug-likeness (QED) is 0.262. The summed E-state index contributed by atoms with van der Waals surface area (Å²) in [5, 5.41) is 5.61. The molecule has 8 rings (SSSR count). The number of aromatic nitrogens is 7. The number of Topliss-reactive ketones (excluding diaryl/α,β-unsaturated/α-hetero) is 1. The summed E-state index contributed by atoms with van der Waals surface area (Å²) in [7, 11) is 2.12. The maximum absolute atomic E-state index is 13.4. The topological polar surface area (TPSA) is 171 Å². The lowest BCUT2D eigenvalue weighted by atomic mass is 9.80. The monoisotopic (exact) mass is 615 g/mol. The molecule has 0 spiro atoms. The number of rotatable bonds is 6. The molecule has 0 saturated carbocycles. The van der Waals surface area contributed by atoms with Crippen molar-refractivity contribution in [3.8, 4) is 11.3 Å². The van der Waals surface area contributed by atoms with Crippen molar-refractivity contribution in [3.63, 3.8) is 0 Å². The number of nitrogens with zero attached hydrogens (tertiary/aromatic N) is 9. The van der Waals surface area contributed by atoms with Crippen LogP contribution in [-0.4, -0.2) is 78.6 Å². The van der Waals surface area contributed by atoms with Crippen LogP contribution < -0.4 is 16.4 Å². The fraction of sp³-hybridized carbons (Fsp3) is 0.303. The Morgan fingerprint density at radius 3 is 2.63 bits per heavy atom. The molecule has 13 nitrogen and oxygen atoms in total. The number of anilines is 3. The zero-order valence-corrected chi connectivity index (χ0v) is 25.4. The number of carbonyl (C=O) groups is 1. The molecular weight excluding hydrogens is 582 g/mol. The van der Waals surface area contributed by atoms with Gasteiger partial charge in [-0.2, -0.15) is 10.1 Å². The van der Waals surface area contributed by atoms with Crippen LogP contribution in [-0.2, 0) is 19.4 Å². The molecule has 13 heteroatoms. The summed E-state index contributed by atoms with van der Waals surface area (Å²) in [6, 6.07) is 12.1. The zero-order valence-electron chi connectivity index (χ0n) is 25.4. The van der Waals surface area contributed by atoms with Crippen LogP contribution in [0.25, 0.3) is 33.4 Å². The van der Waals surface area contributed by atoms with Gasteiger partial charge in [-0.25, -0.2) is 24.6 Å². The van der Waals surface area contributed by atoms with Gasteiger partial charge in [0.1, 0.15) is 23.4 Å². The minimum Gasteiger partial charge on any atom is -0.424 e. The number of carbonyl (C=O) groups excluding carboxylic acids is 1. The van der Waals surface area contributed by atoms with Crippen molar-refractivity contribution in [2.75, 3.05) is 49.6 Å². The summed E-state index contributed by atoms with van der Waals surface area (Å²) in [5.41, 5.74) is 19.6. The first kappa shape index (κ1) is 28.1. The predicted molar refractivity (Wildman–Crippen MR) is 174 cm³/mol. The largest absolute Gasteiger partial charge is 0.424 e. The van der Waals surface area contributed by atoms with E-state index in [9.17, 15) is 4.79 Å². The minimum absolute atomic E-state index is 0.0915. The van der Waals surface area contributed by atoms with Gasteiger partial charge in [-0.3, -0.25) is 4.79 Å². The number of fused-ring (bicyclic) bond motifs is 3. The molecule has 0 amide bonds. The third-order valence-electron chi connectivity index (χ3n) is 9.15. The molecule has 4 aromatic heterocycles. The van der Waals surface area contributed by atoms with E-state index in [0.717, 1.165) is 50.1 Å². The lowest BCUT2D eigenvalue weighted by molar-refractivity contribution is 0.0908. The average molecular weight is 616 g/mol. The molecule has 4 N–H and O–H groups in total. The molecule has 1 unspecified atom stereocenters. The van der Waals surface area contributed by atoms with Crippen LogP contribution in [0.3, 0.4) is 0 Å². The normalized spacial score (nSPS) is 17.1. The molecule has 0 radical (unpaired) electrons. The second-order valence-corrected chi connectivity index (χ2v) is 12.2. The Hall–Kier alpha value is -5.43. The Morgan fingerprint density at radius 2 is 1.80 bits per heavy atom. The molecule has 232 valence electrons. The molecule has 1 atom stereocenters. The molecule has 2 aromatic carbocycles. The predicted octanol–water partition coefficient (Wildman–Crippen LogP) is 3.38. The summed E-state index contributed by atoms with van der Waals surface area (Å²) >= 11 is 0. The van der Waals surface area contributed by atoms with E-state index in [-0.39, 0.29) is 17.7 Å². The summed E-state index contributed by atoms with van der Waals surface area (Å²) in [6.07, 6.45) is 7.14. The number of hydrogen-bond acceptors (Lipinski definition) is 12. The molecular formula is C33H33N11O2. The summed E-state index contributed by atoms with van der Waals surface area (Å²) in [4.78, 5) is 40.0.